The molecule has 36 heavy (non-hydrogen) atoms. The second-order valence-corrected chi connectivity index (χ2v) is 10.3. The Balaban J connectivity index is 1.27. The van der Waals surface area contributed by atoms with Gasteiger partial charge in [-0.2, -0.15) is 0 Å². The van der Waals surface area contributed by atoms with Gasteiger partial charge in [0.25, 0.3) is 5.91 Å². The van der Waals surface area contributed by atoms with Crippen LogP contribution < -0.4 is 10.1 Å². The molecule has 190 valence electrons. The van der Waals surface area contributed by atoms with Crippen LogP contribution in [-0.4, -0.2) is 35.4 Å². The molecule has 1 aromatic heterocycles. The van der Waals surface area contributed by atoms with Crippen LogP contribution in [-0.2, 0) is 4.79 Å². The molecule has 4 rings (SSSR count). The smallest absolute Gasteiger partial charge is 0.306 e. The number of thiophene rings is 1. The van der Waals surface area contributed by atoms with E-state index in [1.54, 1.807) is 18.2 Å². The number of halogens is 3. The van der Waals surface area contributed by atoms with Crippen molar-refractivity contribution in [1.82, 2.24) is 5.32 Å². The molecule has 1 aliphatic carbocycles. The Bertz CT molecular complexity index is 1280. The van der Waals surface area contributed by atoms with Crippen LogP contribution in [0.15, 0.2) is 36.4 Å². The van der Waals surface area contributed by atoms with Crippen LogP contribution in [0.2, 0.25) is 5.02 Å². The molecule has 0 atom stereocenters. The molecule has 0 aliphatic heterocycles. The van der Waals surface area contributed by atoms with E-state index in [1.807, 2.05) is 6.07 Å². The summed E-state index contributed by atoms with van der Waals surface area (Å²) in [5.74, 6) is -4.33. The highest BCUT2D eigenvalue weighted by Crippen LogP contribution is 2.30. The van der Waals surface area contributed by atoms with Gasteiger partial charge in [0.15, 0.2) is 5.78 Å². The number of ether oxygens (including phenoxy) is 1. The fourth-order valence-corrected chi connectivity index (χ4v) is 5.43. The summed E-state index contributed by atoms with van der Waals surface area (Å²) in [6, 6.07) is 9.05. The number of rotatable bonds is 9. The van der Waals surface area contributed by atoms with Crippen molar-refractivity contribution in [2.45, 2.75) is 44.6 Å². The summed E-state index contributed by atoms with van der Waals surface area (Å²) >= 11 is 7.29. The van der Waals surface area contributed by atoms with Gasteiger partial charge in [-0.25, -0.2) is 8.78 Å². The van der Waals surface area contributed by atoms with Crippen molar-refractivity contribution in [3.05, 3.63) is 63.5 Å². The van der Waals surface area contributed by atoms with Gasteiger partial charge in [-0.15, -0.1) is 11.3 Å². The molecule has 6 nitrogen and oxygen atoms in total. The van der Waals surface area contributed by atoms with E-state index in [-0.39, 0.29) is 37.1 Å². The van der Waals surface area contributed by atoms with Gasteiger partial charge < -0.3 is 15.2 Å². The Morgan fingerprint density at radius 1 is 1.06 bits per heavy atom. The average Bonchev–Trinajstić information content (AvgIpc) is 3.25. The fraction of sp³-hybridized carbons (Fsp3) is 0.346. The van der Waals surface area contributed by atoms with Crippen LogP contribution in [0.1, 0.15) is 58.6 Å². The highest BCUT2D eigenvalue weighted by atomic mass is 35.5. The summed E-state index contributed by atoms with van der Waals surface area (Å²) < 4.78 is 35.7. The number of benzene rings is 2. The number of Topliss-reactive ketones (excluding diaryl/α,β-unsaturated/α-hetero) is 1. The van der Waals surface area contributed by atoms with E-state index in [0.717, 1.165) is 22.2 Å². The van der Waals surface area contributed by atoms with E-state index < -0.39 is 34.9 Å². The first-order valence-electron chi connectivity index (χ1n) is 11.6. The number of hydrogen-bond donors (Lipinski definition) is 2. The molecule has 1 heterocycles. The number of carboxylic acid groups (broad SMARTS) is 1. The lowest BCUT2D eigenvalue weighted by Gasteiger charge is -2.26. The zero-order valence-corrected chi connectivity index (χ0v) is 20.8. The molecule has 0 bridgehead atoms. The zero-order chi connectivity index (χ0) is 25.8. The van der Waals surface area contributed by atoms with Crippen molar-refractivity contribution >= 4 is 50.7 Å². The van der Waals surface area contributed by atoms with Gasteiger partial charge >= 0.3 is 5.97 Å². The second kappa shape index (κ2) is 11.3. The van der Waals surface area contributed by atoms with E-state index >= 15 is 0 Å². The van der Waals surface area contributed by atoms with Crippen LogP contribution in [0.3, 0.4) is 0 Å². The average molecular weight is 536 g/mol. The van der Waals surface area contributed by atoms with Crippen LogP contribution in [0, 0.1) is 17.6 Å². The maximum absolute atomic E-state index is 14.6. The second-order valence-electron chi connectivity index (χ2n) is 8.77. The number of hydrogen-bond acceptors (Lipinski definition) is 5. The van der Waals surface area contributed by atoms with Crippen LogP contribution in [0.5, 0.6) is 5.75 Å². The first-order valence-corrected chi connectivity index (χ1v) is 12.8. The number of aliphatic carboxylic acids is 1. The van der Waals surface area contributed by atoms with Crippen molar-refractivity contribution in [3.8, 4) is 5.75 Å². The molecule has 0 spiro atoms. The summed E-state index contributed by atoms with van der Waals surface area (Å²) in [5, 5.41) is 13.2. The molecular formula is C26H24ClF2NO5S. The maximum atomic E-state index is 14.6. The molecule has 1 fully saturated rings. The molecule has 0 radical (unpaired) electrons. The molecule has 3 aromatic rings. The lowest BCUT2D eigenvalue weighted by atomic mass is 9.87. The van der Waals surface area contributed by atoms with Crippen LogP contribution >= 0.6 is 22.9 Å². The van der Waals surface area contributed by atoms with Crippen LogP contribution in [0.25, 0.3) is 10.1 Å². The first kappa shape index (κ1) is 26.0. The minimum atomic E-state index is -1.01. The number of carbonyl (C=O) groups excluding carboxylic acids is 2. The molecule has 1 amide bonds. The highest BCUT2D eigenvalue weighted by molar-refractivity contribution is 7.20. The third-order valence-corrected chi connectivity index (χ3v) is 7.54. The van der Waals surface area contributed by atoms with Gasteiger partial charge in [0.05, 0.1) is 22.5 Å². The predicted octanol–water partition coefficient (Wildman–Crippen LogP) is 6.25. The molecule has 10 heteroatoms. The number of ketones is 1. The lowest BCUT2D eigenvalue weighted by molar-refractivity contribution is -0.143. The fourth-order valence-electron chi connectivity index (χ4n) is 4.29. The lowest BCUT2D eigenvalue weighted by Crippen LogP contribution is -2.28. The third-order valence-electron chi connectivity index (χ3n) is 6.19. The summed E-state index contributed by atoms with van der Waals surface area (Å²) in [5.41, 5.74) is -0.635. The summed E-state index contributed by atoms with van der Waals surface area (Å²) in [4.78, 5) is 36.4. The van der Waals surface area contributed by atoms with Gasteiger partial charge in [0, 0.05) is 34.8 Å². The van der Waals surface area contributed by atoms with Crippen LogP contribution in [0.4, 0.5) is 8.78 Å². The minimum absolute atomic E-state index is 0.0304. The number of amides is 1. The zero-order valence-electron chi connectivity index (χ0n) is 19.2. The number of carbonyl (C=O) groups is 3. The number of nitrogens with one attached hydrogen (secondary N) is 1. The summed E-state index contributed by atoms with van der Waals surface area (Å²) in [7, 11) is 0. The quantitative estimate of drug-likeness (QED) is 0.250. The summed E-state index contributed by atoms with van der Waals surface area (Å²) in [6.07, 6.45) is 1.57. The minimum Gasteiger partial charge on any atom is -0.490 e. The molecule has 1 saturated carbocycles. The van der Waals surface area contributed by atoms with Crippen molar-refractivity contribution in [1.29, 1.82) is 0 Å². The van der Waals surface area contributed by atoms with Gasteiger partial charge in [-0.05, 0) is 61.8 Å². The van der Waals surface area contributed by atoms with Crippen molar-refractivity contribution in [2.75, 3.05) is 6.54 Å². The highest BCUT2D eigenvalue weighted by Gasteiger charge is 2.27. The van der Waals surface area contributed by atoms with E-state index in [4.69, 9.17) is 21.4 Å². The van der Waals surface area contributed by atoms with Gasteiger partial charge in [-0.1, -0.05) is 11.6 Å². The monoisotopic (exact) mass is 535 g/mol. The van der Waals surface area contributed by atoms with E-state index in [1.165, 1.54) is 11.3 Å². The maximum Gasteiger partial charge on any atom is 0.306 e. The van der Waals surface area contributed by atoms with E-state index in [0.29, 0.717) is 35.6 Å². The molecule has 1 aliphatic rings. The number of carboxylic acids is 1. The Hall–Kier alpha value is -3.04. The Morgan fingerprint density at radius 3 is 2.42 bits per heavy atom. The van der Waals surface area contributed by atoms with Crippen molar-refractivity contribution in [3.63, 3.8) is 0 Å². The molecule has 0 unspecified atom stereocenters. The molecule has 0 saturated heterocycles. The Labute approximate surface area is 215 Å². The van der Waals surface area contributed by atoms with Crippen molar-refractivity contribution in [2.24, 2.45) is 5.92 Å². The predicted molar refractivity (Wildman–Crippen MR) is 133 cm³/mol. The topological polar surface area (TPSA) is 92.7 Å². The van der Waals surface area contributed by atoms with E-state index in [9.17, 15) is 23.2 Å². The molecular weight excluding hydrogens is 512 g/mol. The standard InChI is InChI=1S/C26H24ClF2NO5S/c27-16-5-8-22-15(10-16)11-23(36-22)25(32)30-9-1-2-21(31)24-19(28)12-18(13-20(24)29)35-17-6-3-14(4-7-17)26(33)34/h5,8,10-14,17H,1-4,6-7,9H2,(H,30,32)(H,33,34). The Kier molecular flexibility index (Phi) is 8.21. The number of fused-ring (bicyclic) bond motifs is 1. The van der Waals surface area contributed by atoms with Gasteiger partial charge in [0.1, 0.15) is 17.4 Å². The molecule has 2 N–H and O–H groups in total. The van der Waals surface area contributed by atoms with Crippen molar-refractivity contribution < 1.29 is 33.0 Å². The molecule has 2 aromatic carbocycles. The third kappa shape index (κ3) is 6.20. The van der Waals surface area contributed by atoms with E-state index in [2.05, 4.69) is 5.32 Å². The van der Waals surface area contributed by atoms with Gasteiger partial charge in [0.2, 0.25) is 0 Å². The summed E-state index contributed by atoms with van der Waals surface area (Å²) in [6.45, 7) is 0.170. The Morgan fingerprint density at radius 2 is 1.75 bits per heavy atom. The largest absolute Gasteiger partial charge is 0.490 e. The first-order chi connectivity index (χ1) is 17.2. The van der Waals surface area contributed by atoms with Gasteiger partial charge in [-0.3, -0.25) is 14.4 Å². The normalized spacial score (nSPS) is 17.6. The SMILES string of the molecule is O=C(NCCCC(=O)c1c(F)cc(OC2CCC(C(=O)O)CC2)cc1F)c1cc2cc(Cl)ccc2s1.